The first-order chi connectivity index (χ1) is 5.70. The van der Waals surface area contributed by atoms with Crippen LogP contribution < -0.4 is 0 Å². The van der Waals surface area contributed by atoms with Crippen molar-refractivity contribution in [3.05, 3.63) is 40.5 Å². The molecule has 1 atom stereocenters. The van der Waals surface area contributed by atoms with E-state index < -0.39 is 0 Å². The molecule has 59 valence electrons. The van der Waals surface area contributed by atoms with Gasteiger partial charge in [0.2, 0.25) is 0 Å². The maximum absolute atomic E-state index is 2.32. The first kappa shape index (κ1) is 8.44. The monoisotopic (exact) mass is 233 g/mol. The number of allylic oxidation sites excluding steroid dienone is 1. The van der Waals surface area contributed by atoms with E-state index in [0.29, 0.717) is 3.63 Å². The van der Waals surface area contributed by atoms with Crippen LogP contribution in [0.5, 0.6) is 0 Å². The number of hydrogen-bond acceptors (Lipinski definition) is 0. The molecule has 1 aliphatic rings. The van der Waals surface area contributed by atoms with Crippen molar-refractivity contribution >= 4 is 6.08 Å². The van der Waals surface area contributed by atoms with Gasteiger partial charge in [-0.1, -0.05) is 0 Å². The second-order valence-electron chi connectivity index (χ2n) is 3.36. The third-order valence-electron chi connectivity index (χ3n) is 2.49. The number of rotatable bonds is 0. The minimum absolute atomic E-state index is 0.701. The van der Waals surface area contributed by atoms with Gasteiger partial charge in [-0.3, -0.25) is 0 Å². The van der Waals surface area contributed by atoms with Crippen molar-refractivity contribution in [2.45, 2.75) is 17.5 Å². The van der Waals surface area contributed by atoms with Gasteiger partial charge in [0.15, 0.2) is 0 Å². The summed E-state index contributed by atoms with van der Waals surface area (Å²) < 4.78 is 0.701. The van der Waals surface area contributed by atoms with Crippen molar-refractivity contribution in [1.29, 1.82) is 0 Å². The predicted octanol–water partition coefficient (Wildman–Crippen LogP) is 2.92. The zero-order valence-electron chi connectivity index (χ0n) is 7.39. The Labute approximate surface area is 88.5 Å². The van der Waals surface area contributed by atoms with Gasteiger partial charge in [-0.2, -0.15) is 0 Å². The molecule has 1 heteroatoms. The van der Waals surface area contributed by atoms with E-state index in [4.69, 9.17) is 0 Å². The van der Waals surface area contributed by atoms with Crippen molar-refractivity contribution in [1.82, 2.24) is 0 Å². The van der Waals surface area contributed by atoms with Crippen LogP contribution in [0.2, 0.25) is 0 Å². The first-order valence-corrected chi connectivity index (χ1v) is 5.61. The van der Waals surface area contributed by atoms with Crippen LogP contribution in [-0.2, 0) is 24.7 Å². The van der Waals surface area contributed by atoms with Crippen molar-refractivity contribution < 1.29 is 24.7 Å². The number of benzene rings is 1. The molecule has 0 heterocycles. The summed E-state index contributed by atoms with van der Waals surface area (Å²) in [6.45, 7) is 4.40. The van der Waals surface area contributed by atoms with Crippen LogP contribution in [0, 0.1) is 13.8 Å². The fourth-order valence-corrected chi connectivity index (χ4v) is 2.96. The fourth-order valence-electron chi connectivity index (χ4n) is 1.78. The zero-order chi connectivity index (χ0) is 8.72. The summed E-state index contributed by atoms with van der Waals surface area (Å²) in [5.41, 5.74) is 5.89. The summed E-state index contributed by atoms with van der Waals surface area (Å²) in [6, 6.07) is 4.45. The van der Waals surface area contributed by atoms with Gasteiger partial charge in [0, 0.05) is 0 Å². The van der Waals surface area contributed by atoms with E-state index in [1.54, 1.807) is 30.3 Å². The molecule has 12 heavy (non-hydrogen) atoms. The number of fused-ring (bicyclic) bond motifs is 1. The molecule has 0 amide bonds. The molecule has 0 saturated heterocycles. The molecule has 0 spiro atoms. The Balaban J connectivity index is 2.71. The standard InChI is InChI=1S/C11H11.Zr/c1-8-6-7-9(2)11-5-3-4-10(8)11;/h3-7H,1-2H3;. The average Bonchev–Trinajstić information content (AvgIpc) is 2.42. The average molecular weight is 234 g/mol. The zero-order valence-corrected chi connectivity index (χ0v) is 9.84. The Hall–Kier alpha value is -0.157. The maximum atomic E-state index is 2.32. The molecule has 0 nitrogen and oxygen atoms in total. The molecule has 0 N–H and O–H groups in total. The van der Waals surface area contributed by atoms with Crippen LogP contribution in [0.25, 0.3) is 6.08 Å². The molecule has 1 unspecified atom stereocenters. The van der Waals surface area contributed by atoms with E-state index in [-0.39, 0.29) is 0 Å². The van der Waals surface area contributed by atoms with E-state index in [9.17, 15) is 0 Å². The summed E-state index contributed by atoms with van der Waals surface area (Å²) >= 11 is 1.60. The van der Waals surface area contributed by atoms with E-state index in [0.717, 1.165) is 0 Å². The van der Waals surface area contributed by atoms with Gasteiger partial charge in [-0.15, -0.1) is 0 Å². The van der Waals surface area contributed by atoms with Crippen molar-refractivity contribution in [3.8, 4) is 0 Å². The Morgan fingerprint density at radius 1 is 1.17 bits per heavy atom. The molecule has 1 aliphatic carbocycles. The minimum atomic E-state index is 0.701. The van der Waals surface area contributed by atoms with Crippen LogP contribution in [0.15, 0.2) is 18.2 Å². The van der Waals surface area contributed by atoms with Crippen LogP contribution in [0.1, 0.15) is 25.9 Å². The van der Waals surface area contributed by atoms with Gasteiger partial charge in [0.1, 0.15) is 0 Å². The van der Waals surface area contributed by atoms with E-state index in [2.05, 4.69) is 38.1 Å². The summed E-state index contributed by atoms with van der Waals surface area (Å²) in [5, 5.41) is 0. The Morgan fingerprint density at radius 3 is 2.50 bits per heavy atom. The second-order valence-corrected chi connectivity index (χ2v) is 4.89. The van der Waals surface area contributed by atoms with Gasteiger partial charge in [-0.05, 0) is 0 Å². The summed E-state index contributed by atoms with van der Waals surface area (Å²) in [7, 11) is 0. The third kappa shape index (κ3) is 1.15. The molecule has 0 fully saturated rings. The Bertz CT molecular complexity index is 350. The molecule has 0 radical (unpaired) electrons. The third-order valence-corrected chi connectivity index (χ3v) is 3.67. The second kappa shape index (κ2) is 2.96. The molecule has 0 aliphatic heterocycles. The molecule has 2 rings (SSSR count). The van der Waals surface area contributed by atoms with Crippen molar-refractivity contribution in [2.75, 3.05) is 0 Å². The van der Waals surface area contributed by atoms with Crippen molar-refractivity contribution in [2.24, 2.45) is 0 Å². The summed E-state index contributed by atoms with van der Waals surface area (Å²) in [4.78, 5) is 0. The van der Waals surface area contributed by atoms with Crippen LogP contribution >= 0.6 is 0 Å². The summed E-state index contributed by atoms with van der Waals surface area (Å²) in [5.74, 6) is 0. The quantitative estimate of drug-likeness (QED) is 0.647. The Morgan fingerprint density at radius 2 is 1.83 bits per heavy atom. The van der Waals surface area contributed by atoms with Gasteiger partial charge in [0.25, 0.3) is 0 Å². The molecule has 1 aromatic rings. The van der Waals surface area contributed by atoms with E-state index in [1.807, 2.05) is 0 Å². The molecule has 0 aromatic heterocycles. The van der Waals surface area contributed by atoms with Gasteiger partial charge >= 0.3 is 88.7 Å². The topological polar surface area (TPSA) is 0 Å². The molecule has 1 aromatic carbocycles. The van der Waals surface area contributed by atoms with E-state index >= 15 is 0 Å². The normalized spacial score (nSPS) is 19.6. The predicted molar refractivity (Wildman–Crippen MR) is 47.7 cm³/mol. The fraction of sp³-hybridized carbons (Fsp3) is 0.273. The van der Waals surface area contributed by atoms with Crippen LogP contribution in [0.3, 0.4) is 0 Å². The van der Waals surface area contributed by atoms with Gasteiger partial charge in [-0.25, -0.2) is 0 Å². The van der Waals surface area contributed by atoms with Crippen LogP contribution in [0.4, 0.5) is 0 Å². The molecular formula is C11H11Zr. The number of hydrogen-bond donors (Lipinski definition) is 0. The van der Waals surface area contributed by atoms with Crippen molar-refractivity contribution in [3.63, 3.8) is 0 Å². The molecular weight excluding hydrogens is 223 g/mol. The van der Waals surface area contributed by atoms with Gasteiger partial charge in [0.05, 0.1) is 0 Å². The van der Waals surface area contributed by atoms with Crippen LogP contribution in [-0.4, -0.2) is 0 Å². The molecule has 0 saturated carbocycles. The van der Waals surface area contributed by atoms with Gasteiger partial charge < -0.3 is 0 Å². The first-order valence-electron chi connectivity index (χ1n) is 4.19. The Kier molecular flexibility index (Phi) is 2.08. The number of aryl methyl sites for hydroxylation is 2. The SMILES string of the molecule is Cc1ccc(C)c2c1C=C[CH]2[Zr]. The summed E-state index contributed by atoms with van der Waals surface area (Å²) in [6.07, 6.45) is 4.60. The van der Waals surface area contributed by atoms with E-state index in [1.165, 1.54) is 16.7 Å². The molecule has 0 bridgehead atoms.